The lowest BCUT2D eigenvalue weighted by Crippen LogP contribution is -2.37. The fraction of sp³-hybridized carbons (Fsp3) is 0.462. The van der Waals surface area contributed by atoms with Gasteiger partial charge >= 0.3 is 0 Å². The average Bonchev–Trinajstić information content (AvgIpc) is 2.77. The maximum Gasteiger partial charge on any atom is 0.144 e. The second-order valence-corrected chi connectivity index (χ2v) is 4.31. The van der Waals surface area contributed by atoms with Gasteiger partial charge in [-0.25, -0.2) is 4.39 Å². The van der Waals surface area contributed by atoms with Crippen LogP contribution in [0.3, 0.4) is 0 Å². The number of carbonyl (C=O) groups excluding carboxylic acids is 1. The summed E-state index contributed by atoms with van der Waals surface area (Å²) in [7, 11) is 1.82. The minimum absolute atomic E-state index is 0.0797. The van der Waals surface area contributed by atoms with Crippen LogP contribution >= 0.6 is 0 Å². The third-order valence-electron chi connectivity index (χ3n) is 3.13. The molecule has 17 heavy (non-hydrogen) atoms. The van der Waals surface area contributed by atoms with Crippen LogP contribution < -0.4 is 5.32 Å². The monoisotopic (exact) mass is 237 g/mol. The van der Waals surface area contributed by atoms with Crippen LogP contribution in [0.4, 0.5) is 4.39 Å². The Balaban J connectivity index is 2.01. The van der Waals surface area contributed by atoms with Crippen molar-refractivity contribution in [2.75, 3.05) is 20.3 Å². The molecule has 0 aliphatic carbocycles. The minimum Gasteiger partial charge on any atom is -0.379 e. The standard InChI is InChI=1S/C13H16FNO2/c1-15-12-8-17-7-11(12)13(16)6-9-3-2-4-10(14)5-9/h2-5,11-12,15H,6-8H2,1H3. The number of ketones is 1. The van der Waals surface area contributed by atoms with Crippen molar-refractivity contribution < 1.29 is 13.9 Å². The molecule has 92 valence electrons. The fourth-order valence-electron chi connectivity index (χ4n) is 2.14. The normalized spacial score (nSPS) is 23.9. The first-order valence-electron chi connectivity index (χ1n) is 5.73. The van der Waals surface area contributed by atoms with E-state index >= 15 is 0 Å². The van der Waals surface area contributed by atoms with Crippen LogP contribution in [0.15, 0.2) is 24.3 Å². The molecule has 0 saturated carbocycles. The van der Waals surface area contributed by atoms with E-state index in [1.54, 1.807) is 12.1 Å². The number of ether oxygens (including phenoxy) is 1. The van der Waals surface area contributed by atoms with Crippen LogP contribution in [-0.2, 0) is 16.0 Å². The molecule has 0 amide bonds. The lowest BCUT2D eigenvalue weighted by molar-refractivity contribution is -0.122. The zero-order valence-corrected chi connectivity index (χ0v) is 9.78. The lowest BCUT2D eigenvalue weighted by Gasteiger charge is -2.15. The Labute approximate surface area is 100.0 Å². The van der Waals surface area contributed by atoms with Crippen LogP contribution in [0.2, 0.25) is 0 Å². The number of hydrogen-bond donors (Lipinski definition) is 1. The second-order valence-electron chi connectivity index (χ2n) is 4.31. The third-order valence-corrected chi connectivity index (χ3v) is 3.13. The zero-order valence-electron chi connectivity index (χ0n) is 9.78. The predicted octanol–water partition coefficient (Wildman–Crippen LogP) is 1.17. The molecule has 2 unspecified atom stereocenters. The Morgan fingerprint density at radius 3 is 3.06 bits per heavy atom. The van der Waals surface area contributed by atoms with Gasteiger partial charge in [-0.2, -0.15) is 0 Å². The van der Waals surface area contributed by atoms with Crippen molar-refractivity contribution >= 4 is 5.78 Å². The number of Topliss-reactive ketones (excluding diaryl/α,β-unsaturated/α-hetero) is 1. The highest BCUT2D eigenvalue weighted by atomic mass is 19.1. The molecule has 1 N–H and O–H groups in total. The Bertz CT molecular complexity index is 408. The van der Waals surface area contributed by atoms with Crippen LogP contribution in [0.25, 0.3) is 0 Å². The van der Waals surface area contributed by atoms with E-state index in [2.05, 4.69) is 5.32 Å². The molecule has 0 bridgehead atoms. The van der Waals surface area contributed by atoms with Crippen molar-refractivity contribution in [2.24, 2.45) is 5.92 Å². The van der Waals surface area contributed by atoms with Crippen molar-refractivity contribution in [3.63, 3.8) is 0 Å². The SMILES string of the molecule is CNC1COCC1C(=O)Cc1cccc(F)c1. The lowest BCUT2D eigenvalue weighted by atomic mass is 9.94. The van der Waals surface area contributed by atoms with Crippen molar-refractivity contribution in [3.05, 3.63) is 35.6 Å². The number of nitrogens with one attached hydrogen (secondary N) is 1. The van der Waals surface area contributed by atoms with Gasteiger partial charge in [-0.1, -0.05) is 12.1 Å². The topological polar surface area (TPSA) is 38.3 Å². The minimum atomic E-state index is -0.303. The molecule has 1 fully saturated rings. The zero-order chi connectivity index (χ0) is 12.3. The van der Waals surface area contributed by atoms with Crippen LogP contribution in [0.1, 0.15) is 5.56 Å². The van der Waals surface area contributed by atoms with E-state index < -0.39 is 0 Å². The highest BCUT2D eigenvalue weighted by molar-refractivity contribution is 5.84. The molecular formula is C13H16FNO2. The maximum absolute atomic E-state index is 13.0. The van der Waals surface area contributed by atoms with Crippen LogP contribution in [0, 0.1) is 11.7 Å². The summed E-state index contributed by atoms with van der Waals surface area (Å²) in [6.45, 7) is 1.02. The second kappa shape index (κ2) is 5.38. The molecule has 1 aliphatic heterocycles. The van der Waals surface area contributed by atoms with Gasteiger partial charge in [0.15, 0.2) is 0 Å². The van der Waals surface area contributed by atoms with Gasteiger partial charge in [-0.3, -0.25) is 4.79 Å². The summed E-state index contributed by atoms with van der Waals surface area (Å²) in [5.41, 5.74) is 0.719. The van der Waals surface area contributed by atoms with Gasteiger partial charge < -0.3 is 10.1 Å². The molecule has 1 saturated heterocycles. The van der Waals surface area contributed by atoms with Gasteiger partial charge in [-0.05, 0) is 24.7 Å². The quantitative estimate of drug-likeness (QED) is 0.854. The Morgan fingerprint density at radius 2 is 2.35 bits per heavy atom. The van der Waals surface area contributed by atoms with Gasteiger partial charge in [0.25, 0.3) is 0 Å². The number of rotatable bonds is 4. The van der Waals surface area contributed by atoms with Gasteiger partial charge in [0.1, 0.15) is 11.6 Å². The van der Waals surface area contributed by atoms with Gasteiger partial charge in [0, 0.05) is 12.5 Å². The van der Waals surface area contributed by atoms with E-state index in [0.717, 1.165) is 5.56 Å². The Morgan fingerprint density at radius 1 is 1.53 bits per heavy atom. The first kappa shape index (κ1) is 12.2. The van der Waals surface area contributed by atoms with Crippen molar-refractivity contribution in [3.8, 4) is 0 Å². The van der Waals surface area contributed by atoms with E-state index in [-0.39, 0.29) is 30.0 Å². The van der Waals surface area contributed by atoms with Crippen molar-refractivity contribution in [1.29, 1.82) is 0 Å². The van der Waals surface area contributed by atoms with Crippen LogP contribution in [0.5, 0.6) is 0 Å². The molecular weight excluding hydrogens is 221 g/mol. The average molecular weight is 237 g/mol. The van der Waals surface area contributed by atoms with E-state index in [1.165, 1.54) is 12.1 Å². The predicted molar refractivity (Wildman–Crippen MR) is 62.3 cm³/mol. The largest absolute Gasteiger partial charge is 0.379 e. The number of benzene rings is 1. The van der Waals surface area contributed by atoms with Gasteiger partial charge in [-0.15, -0.1) is 0 Å². The van der Waals surface area contributed by atoms with Crippen LogP contribution in [-0.4, -0.2) is 32.1 Å². The molecule has 1 aromatic carbocycles. The number of halogens is 1. The smallest absolute Gasteiger partial charge is 0.144 e. The molecule has 1 aliphatic rings. The van der Waals surface area contributed by atoms with E-state index in [4.69, 9.17) is 4.74 Å². The summed E-state index contributed by atoms with van der Waals surface area (Å²) in [6, 6.07) is 6.26. The van der Waals surface area contributed by atoms with E-state index in [1.807, 2.05) is 7.05 Å². The summed E-state index contributed by atoms with van der Waals surface area (Å²) in [6.07, 6.45) is 0.268. The molecule has 0 aromatic heterocycles. The first-order valence-corrected chi connectivity index (χ1v) is 5.73. The number of hydrogen-bond acceptors (Lipinski definition) is 3. The molecule has 1 heterocycles. The Hall–Kier alpha value is -1.26. The fourth-order valence-corrected chi connectivity index (χ4v) is 2.14. The number of carbonyl (C=O) groups is 1. The maximum atomic E-state index is 13.0. The number of likely N-dealkylation sites (N-methyl/N-ethyl adjacent to an activating group) is 1. The Kier molecular flexibility index (Phi) is 3.86. The molecule has 4 heteroatoms. The first-order chi connectivity index (χ1) is 8.20. The van der Waals surface area contributed by atoms with Gasteiger partial charge in [0.2, 0.25) is 0 Å². The van der Waals surface area contributed by atoms with E-state index in [0.29, 0.717) is 13.2 Å². The molecule has 2 rings (SSSR count). The summed E-state index contributed by atoms with van der Waals surface area (Å²) >= 11 is 0. The molecule has 0 spiro atoms. The summed E-state index contributed by atoms with van der Waals surface area (Å²) < 4.78 is 18.3. The summed E-state index contributed by atoms with van der Waals surface area (Å²) in [5.74, 6) is -0.321. The van der Waals surface area contributed by atoms with Gasteiger partial charge in [0.05, 0.1) is 19.1 Å². The van der Waals surface area contributed by atoms with Crippen molar-refractivity contribution in [1.82, 2.24) is 5.32 Å². The molecule has 0 radical (unpaired) electrons. The van der Waals surface area contributed by atoms with Crippen molar-refractivity contribution in [2.45, 2.75) is 12.5 Å². The molecule has 2 atom stereocenters. The highest BCUT2D eigenvalue weighted by Gasteiger charge is 2.32. The molecule has 1 aromatic rings. The molecule has 3 nitrogen and oxygen atoms in total. The van der Waals surface area contributed by atoms with E-state index in [9.17, 15) is 9.18 Å². The highest BCUT2D eigenvalue weighted by Crippen LogP contribution is 2.17. The summed E-state index contributed by atoms with van der Waals surface area (Å²) in [5, 5.41) is 3.07. The summed E-state index contributed by atoms with van der Waals surface area (Å²) in [4.78, 5) is 12.1. The third kappa shape index (κ3) is 2.90.